The number of carbonyl (C=O) groups is 4. The van der Waals surface area contributed by atoms with Crippen LogP contribution in [0.15, 0.2) is 30.3 Å². The molecule has 22 heavy (non-hydrogen) atoms. The van der Waals surface area contributed by atoms with Crippen molar-refractivity contribution >= 4 is 23.8 Å². The van der Waals surface area contributed by atoms with E-state index in [4.69, 9.17) is 4.74 Å². The molecule has 0 spiro atoms. The fourth-order valence-corrected chi connectivity index (χ4v) is 1.82. The summed E-state index contributed by atoms with van der Waals surface area (Å²) in [5.74, 6) is -1.77. The minimum Gasteiger partial charge on any atom is -0.454 e. The molecule has 8 nitrogen and oxygen atoms in total. The van der Waals surface area contributed by atoms with Gasteiger partial charge in [-0.25, -0.2) is 4.79 Å². The summed E-state index contributed by atoms with van der Waals surface area (Å²) in [6.07, 6.45) is 0. The van der Waals surface area contributed by atoms with Gasteiger partial charge in [0, 0.05) is 18.7 Å². The Labute approximate surface area is 126 Å². The first-order valence-corrected chi connectivity index (χ1v) is 6.65. The van der Waals surface area contributed by atoms with E-state index in [0.29, 0.717) is 12.1 Å². The minimum atomic E-state index is -0.753. The van der Waals surface area contributed by atoms with Gasteiger partial charge in [-0.15, -0.1) is 0 Å². The molecule has 0 radical (unpaired) electrons. The van der Waals surface area contributed by atoms with Gasteiger partial charge < -0.3 is 15.4 Å². The first kappa shape index (κ1) is 15.5. The number of carbonyl (C=O) groups excluding carboxylic acids is 4. The van der Waals surface area contributed by atoms with Crippen LogP contribution in [-0.2, 0) is 14.3 Å². The number of nitrogens with zero attached hydrogens (tertiary/aromatic N) is 1. The van der Waals surface area contributed by atoms with Crippen LogP contribution >= 0.6 is 0 Å². The van der Waals surface area contributed by atoms with Crippen LogP contribution in [0.1, 0.15) is 10.4 Å². The van der Waals surface area contributed by atoms with Gasteiger partial charge in [0.15, 0.2) is 6.61 Å². The summed E-state index contributed by atoms with van der Waals surface area (Å²) in [4.78, 5) is 47.0. The maximum Gasteiger partial charge on any atom is 0.325 e. The third-order valence-electron chi connectivity index (χ3n) is 2.94. The lowest BCUT2D eigenvalue weighted by atomic mass is 10.2. The van der Waals surface area contributed by atoms with Crippen molar-refractivity contribution in [2.45, 2.75) is 0 Å². The molecule has 0 bridgehead atoms. The van der Waals surface area contributed by atoms with E-state index in [9.17, 15) is 19.2 Å². The zero-order valence-corrected chi connectivity index (χ0v) is 11.7. The van der Waals surface area contributed by atoms with Crippen LogP contribution in [-0.4, -0.2) is 55.0 Å². The standard InChI is InChI=1S/C14H15N3O5/c18-11(17-7-6-15-14(17)21)9-22-12(19)8-16-13(20)10-4-2-1-3-5-10/h1-5H,6-9H2,(H,15,21)(H,16,20). The van der Waals surface area contributed by atoms with Crippen LogP contribution in [0.25, 0.3) is 0 Å². The summed E-state index contributed by atoms with van der Waals surface area (Å²) in [6.45, 7) is -0.258. The molecule has 0 atom stereocenters. The normalized spacial score (nSPS) is 13.5. The molecule has 8 heteroatoms. The second kappa shape index (κ2) is 7.21. The van der Waals surface area contributed by atoms with Crippen LogP contribution in [0.3, 0.4) is 0 Å². The number of urea groups is 1. The Morgan fingerprint density at radius 3 is 2.59 bits per heavy atom. The van der Waals surface area contributed by atoms with Gasteiger partial charge in [-0.1, -0.05) is 18.2 Å². The number of esters is 1. The van der Waals surface area contributed by atoms with Gasteiger partial charge in [-0.3, -0.25) is 19.3 Å². The molecule has 116 valence electrons. The van der Waals surface area contributed by atoms with E-state index in [-0.39, 0.29) is 13.1 Å². The van der Waals surface area contributed by atoms with Crippen molar-refractivity contribution in [2.75, 3.05) is 26.2 Å². The summed E-state index contributed by atoms with van der Waals surface area (Å²) in [5, 5.41) is 4.85. The zero-order chi connectivity index (χ0) is 15.9. The average Bonchev–Trinajstić information content (AvgIpc) is 2.97. The molecular formula is C14H15N3O5. The number of hydrogen-bond acceptors (Lipinski definition) is 5. The molecule has 1 aromatic carbocycles. The van der Waals surface area contributed by atoms with Gasteiger partial charge in [0.05, 0.1) is 0 Å². The fraction of sp³-hybridized carbons (Fsp3) is 0.286. The van der Waals surface area contributed by atoms with Crippen molar-refractivity contribution in [3.05, 3.63) is 35.9 Å². The predicted molar refractivity (Wildman–Crippen MR) is 74.8 cm³/mol. The van der Waals surface area contributed by atoms with E-state index in [0.717, 1.165) is 4.90 Å². The van der Waals surface area contributed by atoms with Gasteiger partial charge in [-0.05, 0) is 12.1 Å². The molecule has 2 rings (SSSR count). The number of hydrogen-bond donors (Lipinski definition) is 2. The Morgan fingerprint density at radius 1 is 1.23 bits per heavy atom. The molecule has 0 aliphatic carbocycles. The zero-order valence-electron chi connectivity index (χ0n) is 11.7. The monoisotopic (exact) mass is 305 g/mol. The Bertz CT molecular complexity index is 587. The quantitative estimate of drug-likeness (QED) is 0.714. The molecule has 1 saturated heterocycles. The number of ether oxygens (including phenoxy) is 1. The molecule has 1 fully saturated rings. The summed E-state index contributed by atoms with van der Waals surface area (Å²) in [6, 6.07) is 7.88. The summed E-state index contributed by atoms with van der Waals surface area (Å²) < 4.78 is 4.73. The minimum absolute atomic E-state index is 0.250. The Balaban J connectivity index is 1.71. The Morgan fingerprint density at radius 2 is 1.95 bits per heavy atom. The highest BCUT2D eigenvalue weighted by Crippen LogP contribution is 1.99. The maximum atomic E-state index is 11.7. The molecule has 4 amide bonds. The smallest absolute Gasteiger partial charge is 0.325 e. The molecule has 1 heterocycles. The van der Waals surface area contributed by atoms with Crippen molar-refractivity contribution in [1.29, 1.82) is 0 Å². The first-order chi connectivity index (χ1) is 10.6. The van der Waals surface area contributed by atoms with Crippen molar-refractivity contribution in [1.82, 2.24) is 15.5 Å². The van der Waals surface area contributed by atoms with Crippen molar-refractivity contribution < 1.29 is 23.9 Å². The van der Waals surface area contributed by atoms with Gasteiger partial charge in [0.2, 0.25) is 0 Å². The van der Waals surface area contributed by atoms with E-state index in [1.807, 2.05) is 0 Å². The largest absolute Gasteiger partial charge is 0.454 e. The highest BCUT2D eigenvalue weighted by Gasteiger charge is 2.26. The van der Waals surface area contributed by atoms with Crippen LogP contribution in [0.5, 0.6) is 0 Å². The van der Waals surface area contributed by atoms with Crippen molar-refractivity contribution in [3.8, 4) is 0 Å². The second-order valence-electron chi connectivity index (χ2n) is 4.49. The topological polar surface area (TPSA) is 105 Å². The molecule has 0 aromatic heterocycles. The number of amides is 4. The Hall–Kier alpha value is -2.90. The molecule has 1 aliphatic rings. The molecule has 1 aliphatic heterocycles. The van der Waals surface area contributed by atoms with E-state index < -0.39 is 30.4 Å². The maximum absolute atomic E-state index is 11.7. The molecule has 0 unspecified atom stereocenters. The lowest BCUT2D eigenvalue weighted by molar-refractivity contribution is -0.149. The number of nitrogens with one attached hydrogen (secondary N) is 2. The van der Waals surface area contributed by atoms with Gasteiger partial charge in [-0.2, -0.15) is 0 Å². The van der Waals surface area contributed by atoms with Gasteiger partial charge in [0.1, 0.15) is 6.54 Å². The van der Waals surface area contributed by atoms with E-state index in [1.165, 1.54) is 0 Å². The van der Waals surface area contributed by atoms with Crippen LogP contribution in [0.2, 0.25) is 0 Å². The molecule has 1 aromatic rings. The van der Waals surface area contributed by atoms with Crippen LogP contribution in [0.4, 0.5) is 4.79 Å². The summed E-state index contributed by atoms with van der Waals surface area (Å²) in [7, 11) is 0. The van der Waals surface area contributed by atoms with E-state index >= 15 is 0 Å². The van der Waals surface area contributed by atoms with Crippen molar-refractivity contribution in [2.24, 2.45) is 0 Å². The molecule has 0 saturated carbocycles. The fourth-order valence-electron chi connectivity index (χ4n) is 1.82. The highest BCUT2D eigenvalue weighted by atomic mass is 16.5. The van der Waals surface area contributed by atoms with E-state index in [2.05, 4.69) is 10.6 Å². The number of imide groups is 1. The number of benzene rings is 1. The van der Waals surface area contributed by atoms with E-state index in [1.54, 1.807) is 30.3 Å². The summed E-state index contributed by atoms with van der Waals surface area (Å²) >= 11 is 0. The average molecular weight is 305 g/mol. The number of rotatable bonds is 5. The lowest BCUT2D eigenvalue weighted by Crippen LogP contribution is -2.38. The predicted octanol–water partition coefficient (Wildman–Crippen LogP) is -0.489. The molecule has 2 N–H and O–H groups in total. The Kier molecular flexibility index (Phi) is 5.07. The second-order valence-corrected chi connectivity index (χ2v) is 4.49. The van der Waals surface area contributed by atoms with Gasteiger partial charge >= 0.3 is 12.0 Å². The third kappa shape index (κ3) is 4.05. The lowest BCUT2D eigenvalue weighted by Gasteiger charge is -2.12. The van der Waals surface area contributed by atoms with Gasteiger partial charge in [0.25, 0.3) is 11.8 Å². The first-order valence-electron chi connectivity index (χ1n) is 6.65. The highest BCUT2D eigenvalue weighted by molar-refractivity contribution is 5.98. The molecular weight excluding hydrogens is 290 g/mol. The van der Waals surface area contributed by atoms with Crippen molar-refractivity contribution in [3.63, 3.8) is 0 Å². The third-order valence-corrected chi connectivity index (χ3v) is 2.94. The van der Waals surface area contributed by atoms with Crippen LogP contribution < -0.4 is 10.6 Å². The SMILES string of the molecule is O=C(CNC(=O)c1ccccc1)OCC(=O)N1CCNC1=O. The van der Waals surface area contributed by atoms with Crippen LogP contribution in [0, 0.1) is 0 Å². The summed E-state index contributed by atoms with van der Waals surface area (Å²) in [5.41, 5.74) is 0.417.